The Balaban J connectivity index is 2.26. The van der Waals surface area contributed by atoms with Gasteiger partial charge in [-0.25, -0.2) is 0 Å². The van der Waals surface area contributed by atoms with Crippen LogP contribution in [0.3, 0.4) is 0 Å². The third kappa shape index (κ3) is 2.26. The summed E-state index contributed by atoms with van der Waals surface area (Å²) in [5.41, 5.74) is 0.534. The molecule has 1 N–H and O–H groups in total. The van der Waals surface area contributed by atoms with E-state index in [-0.39, 0.29) is 11.9 Å². The molecule has 0 bridgehead atoms. The molecule has 18 heavy (non-hydrogen) atoms. The summed E-state index contributed by atoms with van der Waals surface area (Å²) in [4.78, 5) is 14.1. The zero-order chi connectivity index (χ0) is 13.1. The van der Waals surface area contributed by atoms with Gasteiger partial charge in [0.15, 0.2) is 0 Å². The maximum absolute atomic E-state index is 12.4. The van der Waals surface area contributed by atoms with E-state index in [1.807, 2.05) is 7.05 Å². The summed E-state index contributed by atoms with van der Waals surface area (Å²) < 4.78 is 10.4. The minimum Gasteiger partial charge on any atom is -0.497 e. The molecule has 5 heteroatoms. The van der Waals surface area contributed by atoms with Gasteiger partial charge < -0.3 is 19.7 Å². The zero-order valence-electron chi connectivity index (χ0n) is 10.9. The second kappa shape index (κ2) is 5.27. The number of nitrogens with zero attached hydrogens (tertiary/aromatic N) is 1. The lowest BCUT2D eigenvalue weighted by molar-refractivity contribution is 0.0677. The summed E-state index contributed by atoms with van der Waals surface area (Å²) in [5, 5.41) is 3.15. The topological polar surface area (TPSA) is 50.8 Å². The standard InChI is InChI=1S/C13H18N2O3/c1-15(9-7-14-8-9)13(16)11-6-10(17-2)4-5-12(11)18-3/h4-6,9,14H,7-8H2,1-3H3. The Morgan fingerprint density at radius 1 is 1.33 bits per heavy atom. The Hall–Kier alpha value is -1.75. The number of carbonyl (C=O) groups is 1. The number of hydrogen-bond acceptors (Lipinski definition) is 4. The number of rotatable bonds is 4. The summed E-state index contributed by atoms with van der Waals surface area (Å²) in [6.07, 6.45) is 0. The van der Waals surface area contributed by atoms with Gasteiger partial charge in [-0.15, -0.1) is 0 Å². The monoisotopic (exact) mass is 250 g/mol. The SMILES string of the molecule is COc1ccc(OC)c(C(=O)N(C)C2CNC2)c1. The smallest absolute Gasteiger partial charge is 0.257 e. The minimum atomic E-state index is -0.0442. The molecule has 0 saturated carbocycles. The Labute approximate surface area is 107 Å². The largest absolute Gasteiger partial charge is 0.497 e. The second-order valence-electron chi connectivity index (χ2n) is 4.29. The molecule has 0 aromatic heterocycles. The number of methoxy groups -OCH3 is 2. The van der Waals surface area contributed by atoms with Gasteiger partial charge in [0.1, 0.15) is 11.5 Å². The summed E-state index contributed by atoms with van der Waals surface area (Å²) in [6.45, 7) is 1.68. The lowest BCUT2D eigenvalue weighted by Crippen LogP contribution is -2.57. The molecule has 98 valence electrons. The third-order valence-electron chi connectivity index (χ3n) is 3.27. The maximum atomic E-state index is 12.4. The van der Waals surface area contributed by atoms with Crippen LogP contribution in [0, 0.1) is 0 Å². The molecule has 1 saturated heterocycles. The lowest BCUT2D eigenvalue weighted by atomic mass is 10.1. The van der Waals surface area contributed by atoms with Crippen LogP contribution in [-0.4, -0.2) is 51.2 Å². The molecule has 1 heterocycles. The fourth-order valence-electron chi connectivity index (χ4n) is 1.88. The van der Waals surface area contributed by atoms with Crippen LogP contribution in [0.1, 0.15) is 10.4 Å². The van der Waals surface area contributed by atoms with E-state index in [0.717, 1.165) is 13.1 Å². The molecule has 1 aliphatic rings. The molecule has 0 atom stereocenters. The van der Waals surface area contributed by atoms with E-state index in [1.54, 1.807) is 37.3 Å². The molecule has 0 unspecified atom stereocenters. The highest BCUT2D eigenvalue weighted by atomic mass is 16.5. The first-order valence-corrected chi connectivity index (χ1v) is 5.87. The summed E-state index contributed by atoms with van der Waals surface area (Å²) in [7, 11) is 4.95. The third-order valence-corrected chi connectivity index (χ3v) is 3.27. The summed E-state index contributed by atoms with van der Waals surface area (Å²) in [5.74, 6) is 1.18. The quantitative estimate of drug-likeness (QED) is 0.856. The van der Waals surface area contributed by atoms with Crippen molar-refractivity contribution >= 4 is 5.91 Å². The number of nitrogens with one attached hydrogen (secondary N) is 1. The van der Waals surface area contributed by atoms with Crippen LogP contribution >= 0.6 is 0 Å². The lowest BCUT2D eigenvalue weighted by Gasteiger charge is -2.35. The highest BCUT2D eigenvalue weighted by Gasteiger charge is 2.27. The molecule has 2 rings (SSSR count). The number of carbonyl (C=O) groups excluding carboxylic acids is 1. The predicted molar refractivity (Wildman–Crippen MR) is 68.3 cm³/mol. The van der Waals surface area contributed by atoms with Gasteiger partial charge in [0.25, 0.3) is 5.91 Å². The van der Waals surface area contributed by atoms with Crippen molar-refractivity contribution < 1.29 is 14.3 Å². The van der Waals surface area contributed by atoms with E-state index < -0.39 is 0 Å². The number of likely N-dealkylation sites (N-methyl/N-ethyl adjacent to an activating group) is 1. The molecule has 1 fully saturated rings. The van der Waals surface area contributed by atoms with Gasteiger partial charge >= 0.3 is 0 Å². The molecule has 1 amide bonds. The fraction of sp³-hybridized carbons (Fsp3) is 0.462. The zero-order valence-corrected chi connectivity index (χ0v) is 10.9. The van der Waals surface area contributed by atoms with Crippen LogP contribution in [0.15, 0.2) is 18.2 Å². The number of ether oxygens (including phenoxy) is 2. The average molecular weight is 250 g/mol. The highest BCUT2D eigenvalue weighted by Crippen LogP contribution is 2.25. The molecule has 0 spiro atoms. The average Bonchev–Trinajstić information content (AvgIpc) is 2.34. The first-order chi connectivity index (χ1) is 8.67. The minimum absolute atomic E-state index is 0.0442. The van der Waals surface area contributed by atoms with E-state index >= 15 is 0 Å². The van der Waals surface area contributed by atoms with Gasteiger partial charge in [-0.05, 0) is 18.2 Å². The van der Waals surface area contributed by atoms with Crippen molar-refractivity contribution in [3.8, 4) is 11.5 Å². The normalized spacial score (nSPS) is 14.8. The first-order valence-electron chi connectivity index (χ1n) is 5.87. The van der Waals surface area contributed by atoms with E-state index in [4.69, 9.17) is 9.47 Å². The molecule has 0 aliphatic carbocycles. The predicted octanol–water partition coefficient (Wildman–Crippen LogP) is 0.748. The summed E-state index contributed by atoms with van der Waals surface area (Å²) >= 11 is 0. The van der Waals surface area contributed by atoms with Gasteiger partial charge in [0.2, 0.25) is 0 Å². The van der Waals surface area contributed by atoms with Crippen LogP contribution in [0.5, 0.6) is 11.5 Å². The van der Waals surface area contributed by atoms with Crippen LogP contribution in [-0.2, 0) is 0 Å². The van der Waals surface area contributed by atoms with Crippen molar-refractivity contribution in [3.63, 3.8) is 0 Å². The van der Waals surface area contributed by atoms with Gasteiger partial charge in [0.05, 0.1) is 25.8 Å². The van der Waals surface area contributed by atoms with Crippen LogP contribution in [0.2, 0.25) is 0 Å². The van der Waals surface area contributed by atoms with Gasteiger partial charge in [-0.2, -0.15) is 0 Å². The van der Waals surface area contributed by atoms with Crippen molar-refractivity contribution in [1.29, 1.82) is 0 Å². The van der Waals surface area contributed by atoms with Crippen LogP contribution < -0.4 is 14.8 Å². The van der Waals surface area contributed by atoms with Crippen molar-refractivity contribution in [2.75, 3.05) is 34.4 Å². The van der Waals surface area contributed by atoms with E-state index in [0.29, 0.717) is 17.1 Å². The Morgan fingerprint density at radius 2 is 2.06 bits per heavy atom. The molecular weight excluding hydrogens is 232 g/mol. The Bertz CT molecular complexity index is 444. The van der Waals surface area contributed by atoms with Crippen molar-refractivity contribution in [1.82, 2.24) is 10.2 Å². The molecule has 5 nitrogen and oxygen atoms in total. The Kier molecular flexibility index (Phi) is 3.72. The van der Waals surface area contributed by atoms with Gasteiger partial charge in [-0.3, -0.25) is 4.79 Å². The maximum Gasteiger partial charge on any atom is 0.257 e. The van der Waals surface area contributed by atoms with E-state index in [1.165, 1.54) is 0 Å². The van der Waals surface area contributed by atoms with Crippen molar-refractivity contribution in [3.05, 3.63) is 23.8 Å². The summed E-state index contributed by atoms with van der Waals surface area (Å²) in [6, 6.07) is 5.50. The highest BCUT2D eigenvalue weighted by molar-refractivity contribution is 5.97. The first kappa shape index (κ1) is 12.7. The molecule has 1 aliphatic heterocycles. The number of hydrogen-bond donors (Lipinski definition) is 1. The number of benzene rings is 1. The van der Waals surface area contributed by atoms with Crippen molar-refractivity contribution in [2.24, 2.45) is 0 Å². The molecule has 1 aromatic carbocycles. The van der Waals surface area contributed by atoms with Crippen molar-refractivity contribution in [2.45, 2.75) is 6.04 Å². The fourth-order valence-corrected chi connectivity index (χ4v) is 1.88. The molecular formula is C13H18N2O3. The van der Waals surface area contributed by atoms with Gasteiger partial charge in [0, 0.05) is 20.1 Å². The van der Waals surface area contributed by atoms with Crippen LogP contribution in [0.4, 0.5) is 0 Å². The van der Waals surface area contributed by atoms with Gasteiger partial charge in [-0.1, -0.05) is 0 Å². The molecule has 1 aromatic rings. The van der Waals surface area contributed by atoms with E-state index in [9.17, 15) is 4.79 Å². The number of amides is 1. The van der Waals surface area contributed by atoms with E-state index in [2.05, 4.69) is 5.32 Å². The Morgan fingerprint density at radius 3 is 2.56 bits per heavy atom. The molecule has 0 radical (unpaired) electrons. The second-order valence-corrected chi connectivity index (χ2v) is 4.29. The van der Waals surface area contributed by atoms with Crippen LogP contribution in [0.25, 0.3) is 0 Å².